The summed E-state index contributed by atoms with van der Waals surface area (Å²) in [6, 6.07) is 6.25. The number of anilines is 1. The summed E-state index contributed by atoms with van der Waals surface area (Å²) in [6.45, 7) is 5.45. The van der Waals surface area contributed by atoms with E-state index >= 15 is 0 Å². The highest BCUT2D eigenvalue weighted by atomic mass is 35.5. The number of benzene rings is 2. The molecule has 2 aromatic carbocycles. The zero-order chi connectivity index (χ0) is 20.4. The van der Waals surface area contributed by atoms with Crippen molar-refractivity contribution in [3.8, 4) is 11.1 Å². The number of nitrogen functional groups attached to an aromatic ring is 1. The Bertz CT molecular complexity index is 1030. The van der Waals surface area contributed by atoms with E-state index < -0.39 is 27.3 Å². The van der Waals surface area contributed by atoms with Crippen molar-refractivity contribution >= 4 is 27.3 Å². The standard InChI is InChI=1S/C18H18ClF3N2O2S/c1-17(2,3)24-9-11-5-4-10(6-15(11)27(24,25)26)16-13(18(20,21)22)7-12(23)8-14(16)19/h4-8H,9,23H2,1-3H3. The van der Waals surface area contributed by atoms with Gasteiger partial charge in [-0.25, -0.2) is 8.42 Å². The Morgan fingerprint density at radius 3 is 2.30 bits per heavy atom. The van der Waals surface area contributed by atoms with E-state index in [0.717, 1.165) is 6.07 Å². The molecule has 4 nitrogen and oxygen atoms in total. The van der Waals surface area contributed by atoms with E-state index in [-0.39, 0.29) is 33.3 Å². The smallest absolute Gasteiger partial charge is 0.399 e. The van der Waals surface area contributed by atoms with Crippen LogP contribution in [0.2, 0.25) is 5.02 Å². The van der Waals surface area contributed by atoms with Gasteiger partial charge in [-0.2, -0.15) is 17.5 Å². The molecule has 1 aliphatic heterocycles. The molecule has 1 aliphatic rings. The van der Waals surface area contributed by atoms with Gasteiger partial charge in [-0.05, 0) is 50.1 Å². The Kier molecular flexibility index (Phi) is 4.53. The molecule has 0 saturated heterocycles. The third-order valence-corrected chi connectivity index (χ3v) is 6.90. The van der Waals surface area contributed by atoms with E-state index in [1.165, 1.54) is 28.6 Å². The molecule has 0 spiro atoms. The average molecular weight is 419 g/mol. The maximum atomic E-state index is 13.5. The summed E-state index contributed by atoms with van der Waals surface area (Å²) < 4.78 is 67.6. The van der Waals surface area contributed by atoms with Crippen molar-refractivity contribution in [3.05, 3.63) is 46.5 Å². The Balaban J connectivity index is 2.23. The van der Waals surface area contributed by atoms with E-state index in [9.17, 15) is 21.6 Å². The van der Waals surface area contributed by atoms with E-state index in [1.54, 1.807) is 20.8 Å². The first-order chi connectivity index (χ1) is 12.2. The normalized spacial score (nSPS) is 17.1. The number of hydrogen-bond acceptors (Lipinski definition) is 3. The molecule has 146 valence electrons. The highest BCUT2D eigenvalue weighted by Gasteiger charge is 2.42. The van der Waals surface area contributed by atoms with Crippen LogP contribution in [0.3, 0.4) is 0 Å². The molecule has 3 rings (SSSR count). The summed E-state index contributed by atoms with van der Waals surface area (Å²) in [5, 5.41) is -0.189. The number of sulfonamides is 1. The molecule has 0 saturated carbocycles. The zero-order valence-corrected chi connectivity index (χ0v) is 16.4. The van der Waals surface area contributed by atoms with Crippen LogP contribution < -0.4 is 5.73 Å². The minimum absolute atomic E-state index is 0.00376. The van der Waals surface area contributed by atoms with Crippen LogP contribution in [-0.2, 0) is 22.7 Å². The Hall–Kier alpha value is -1.77. The molecule has 0 aromatic heterocycles. The molecule has 0 unspecified atom stereocenters. The largest absolute Gasteiger partial charge is 0.417 e. The molecule has 0 atom stereocenters. The lowest BCUT2D eigenvalue weighted by molar-refractivity contribution is -0.137. The number of halogens is 4. The molecule has 1 heterocycles. The van der Waals surface area contributed by atoms with Crippen molar-refractivity contribution in [2.24, 2.45) is 0 Å². The van der Waals surface area contributed by atoms with Crippen LogP contribution in [0.5, 0.6) is 0 Å². The molecule has 0 bridgehead atoms. The van der Waals surface area contributed by atoms with Crippen molar-refractivity contribution in [2.75, 3.05) is 5.73 Å². The van der Waals surface area contributed by atoms with Crippen molar-refractivity contribution in [1.82, 2.24) is 4.31 Å². The second-order valence-electron chi connectivity index (χ2n) is 7.43. The lowest BCUT2D eigenvalue weighted by atomic mass is 9.97. The Morgan fingerprint density at radius 1 is 1.11 bits per heavy atom. The molecular weight excluding hydrogens is 401 g/mol. The topological polar surface area (TPSA) is 63.4 Å². The van der Waals surface area contributed by atoms with E-state index in [2.05, 4.69) is 0 Å². The molecule has 0 fully saturated rings. The monoisotopic (exact) mass is 418 g/mol. The maximum Gasteiger partial charge on any atom is 0.417 e. The van der Waals surface area contributed by atoms with Crippen LogP contribution in [0.15, 0.2) is 35.2 Å². The van der Waals surface area contributed by atoms with E-state index in [0.29, 0.717) is 5.56 Å². The van der Waals surface area contributed by atoms with Crippen molar-refractivity contribution in [1.29, 1.82) is 0 Å². The van der Waals surface area contributed by atoms with Crippen LogP contribution in [0.1, 0.15) is 31.9 Å². The molecule has 9 heteroatoms. The van der Waals surface area contributed by atoms with E-state index in [4.69, 9.17) is 17.3 Å². The highest BCUT2D eigenvalue weighted by Crippen LogP contribution is 2.44. The molecule has 0 aliphatic carbocycles. The predicted octanol–water partition coefficient (Wildman–Crippen LogP) is 4.91. The fraction of sp³-hybridized carbons (Fsp3) is 0.333. The van der Waals surface area contributed by atoms with Gasteiger partial charge in [-0.3, -0.25) is 0 Å². The van der Waals surface area contributed by atoms with Gasteiger partial charge in [-0.1, -0.05) is 23.7 Å². The van der Waals surface area contributed by atoms with Crippen molar-refractivity contribution in [3.63, 3.8) is 0 Å². The van der Waals surface area contributed by atoms with Gasteiger partial charge in [-0.15, -0.1) is 0 Å². The number of nitrogens with two attached hydrogens (primary N) is 1. The summed E-state index contributed by atoms with van der Waals surface area (Å²) in [7, 11) is -3.82. The number of fused-ring (bicyclic) bond motifs is 1. The van der Waals surface area contributed by atoms with Gasteiger partial charge in [0, 0.05) is 23.3 Å². The Labute approximate surface area is 160 Å². The number of hydrogen-bond donors (Lipinski definition) is 1. The second kappa shape index (κ2) is 6.12. The summed E-state index contributed by atoms with van der Waals surface area (Å²) in [6.07, 6.45) is -4.69. The predicted molar refractivity (Wildman–Crippen MR) is 98.8 cm³/mol. The van der Waals surface area contributed by atoms with Crippen LogP contribution in [-0.4, -0.2) is 18.3 Å². The SMILES string of the molecule is CC(C)(C)N1Cc2ccc(-c3c(Cl)cc(N)cc3C(F)(F)F)cc2S1(=O)=O. The molecule has 0 radical (unpaired) electrons. The van der Waals surface area contributed by atoms with Gasteiger partial charge in [0.15, 0.2) is 0 Å². The number of rotatable bonds is 1. The third-order valence-electron chi connectivity index (χ3n) is 4.40. The van der Waals surface area contributed by atoms with Gasteiger partial charge in [0.05, 0.1) is 15.5 Å². The summed E-state index contributed by atoms with van der Waals surface area (Å²) in [5.74, 6) is 0. The lowest BCUT2D eigenvalue weighted by Crippen LogP contribution is -2.41. The number of nitrogens with zero attached hydrogens (tertiary/aromatic N) is 1. The number of alkyl halides is 3. The van der Waals surface area contributed by atoms with Crippen molar-refractivity contribution in [2.45, 2.75) is 43.9 Å². The van der Waals surface area contributed by atoms with Crippen LogP contribution in [0.25, 0.3) is 11.1 Å². The van der Waals surface area contributed by atoms with Crippen LogP contribution >= 0.6 is 11.6 Å². The average Bonchev–Trinajstić information content (AvgIpc) is 2.77. The van der Waals surface area contributed by atoms with Crippen LogP contribution in [0, 0.1) is 0 Å². The Morgan fingerprint density at radius 2 is 1.74 bits per heavy atom. The molecular formula is C18H18ClF3N2O2S. The first-order valence-electron chi connectivity index (χ1n) is 8.05. The molecule has 2 aromatic rings. The fourth-order valence-corrected chi connectivity index (χ4v) is 5.53. The first kappa shape index (κ1) is 20.0. The van der Waals surface area contributed by atoms with Gasteiger partial charge >= 0.3 is 6.18 Å². The van der Waals surface area contributed by atoms with Gasteiger partial charge in [0.2, 0.25) is 10.0 Å². The summed E-state index contributed by atoms with van der Waals surface area (Å²) >= 11 is 6.06. The molecule has 2 N–H and O–H groups in total. The maximum absolute atomic E-state index is 13.5. The molecule has 27 heavy (non-hydrogen) atoms. The van der Waals surface area contributed by atoms with Gasteiger partial charge < -0.3 is 5.73 Å². The molecule has 0 amide bonds. The minimum Gasteiger partial charge on any atom is -0.399 e. The summed E-state index contributed by atoms with van der Waals surface area (Å²) in [5.41, 5.74) is 4.05. The minimum atomic E-state index is -4.69. The van der Waals surface area contributed by atoms with E-state index in [1.807, 2.05) is 0 Å². The quantitative estimate of drug-likeness (QED) is 0.669. The van der Waals surface area contributed by atoms with Gasteiger partial charge in [0.25, 0.3) is 0 Å². The zero-order valence-electron chi connectivity index (χ0n) is 14.9. The van der Waals surface area contributed by atoms with Crippen LogP contribution in [0.4, 0.5) is 18.9 Å². The van der Waals surface area contributed by atoms with Gasteiger partial charge in [0.1, 0.15) is 0 Å². The highest BCUT2D eigenvalue weighted by molar-refractivity contribution is 7.89. The third kappa shape index (κ3) is 3.41. The van der Waals surface area contributed by atoms with Crippen molar-refractivity contribution < 1.29 is 21.6 Å². The fourth-order valence-electron chi connectivity index (χ4n) is 3.18. The second-order valence-corrected chi connectivity index (χ2v) is 9.67. The lowest BCUT2D eigenvalue weighted by Gasteiger charge is -2.29. The first-order valence-corrected chi connectivity index (χ1v) is 9.87. The summed E-state index contributed by atoms with van der Waals surface area (Å²) in [4.78, 5) is -0.00376.